The Balaban J connectivity index is 1.81. The molecule has 0 radical (unpaired) electrons. The third kappa shape index (κ3) is 3.94. The zero-order valence-electron chi connectivity index (χ0n) is 13.1. The van der Waals surface area contributed by atoms with E-state index in [9.17, 15) is 4.79 Å². The Morgan fingerprint density at radius 3 is 2.74 bits per heavy atom. The van der Waals surface area contributed by atoms with Crippen LogP contribution in [0.2, 0.25) is 0 Å². The van der Waals surface area contributed by atoms with Crippen LogP contribution in [-0.4, -0.2) is 11.0 Å². The van der Waals surface area contributed by atoms with Crippen LogP contribution in [0.1, 0.15) is 44.2 Å². The highest BCUT2D eigenvalue weighted by Gasteiger charge is 2.19. The number of hydrogen-bond acceptors (Lipinski definition) is 3. The quantitative estimate of drug-likeness (QED) is 0.435. The van der Waals surface area contributed by atoms with Gasteiger partial charge in [-0.2, -0.15) is 0 Å². The van der Waals surface area contributed by atoms with Crippen LogP contribution in [0.4, 0.5) is 0 Å². The Hall–Kier alpha value is -0.940. The minimum absolute atomic E-state index is 0.176. The van der Waals surface area contributed by atoms with Gasteiger partial charge in [-0.1, -0.05) is 41.6 Å². The Morgan fingerprint density at radius 1 is 1.26 bits per heavy atom. The maximum Gasteiger partial charge on any atom is 0.311 e. The monoisotopic (exact) mass is 439 g/mol. The second-order valence-electron chi connectivity index (χ2n) is 6.18. The first-order valence-corrected chi connectivity index (χ1v) is 9.59. The number of fused-ring (bicyclic) bond motifs is 1. The number of esters is 1. The van der Waals surface area contributed by atoms with Crippen LogP contribution in [0, 0.1) is 12.8 Å². The van der Waals surface area contributed by atoms with Crippen molar-refractivity contribution in [3.63, 3.8) is 0 Å². The molecule has 1 aromatic heterocycles. The second kappa shape index (κ2) is 7.31. The first-order valence-electron chi connectivity index (χ1n) is 8.00. The summed E-state index contributed by atoms with van der Waals surface area (Å²) in [5.41, 5.74) is 1.60. The number of pyridine rings is 1. The number of benzene rings is 1. The van der Waals surface area contributed by atoms with E-state index in [4.69, 9.17) is 4.74 Å². The topological polar surface area (TPSA) is 39.2 Å². The molecule has 1 aromatic carbocycles. The predicted octanol–water partition coefficient (Wildman–Crippen LogP) is 5.94. The van der Waals surface area contributed by atoms with Crippen molar-refractivity contribution >= 4 is 48.7 Å². The molecule has 0 aliphatic heterocycles. The Morgan fingerprint density at radius 2 is 2.00 bits per heavy atom. The lowest BCUT2D eigenvalue weighted by Crippen LogP contribution is -2.10. The first kappa shape index (κ1) is 16.9. The molecule has 0 bridgehead atoms. The van der Waals surface area contributed by atoms with Gasteiger partial charge in [-0.25, -0.2) is 4.98 Å². The van der Waals surface area contributed by atoms with Gasteiger partial charge in [0.1, 0.15) is 5.52 Å². The molecule has 0 unspecified atom stereocenters. The summed E-state index contributed by atoms with van der Waals surface area (Å²) >= 11 is 7.03. The lowest BCUT2D eigenvalue weighted by Gasteiger charge is -2.12. The molecule has 0 N–H and O–H groups in total. The molecular formula is C18H19Br2NO2. The number of ether oxygens (including phenoxy) is 1. The van der Waals surface area contributed by atoms with E-state index in [2.05, 4.69) is 36.8 Å². The molecule has 3 rings (SSSR count). The number of carbonyl (C=O) groups is 1. The number of nitrogens with zero attached hydrogens (tertiary/aromatic N) is 1. The lowest BCUT2D eigenvalue weighted by atomic mass is 10.0. The highest BCUT2D eigenvalue weighted by atomic mass is 79.9. The highest BCUT2D eigenvalue weighted by Crippen LogP contribution is 2.38. The van der Waals surface area contributed by atoms with Gasteiger partial charge in [0.2, 0.25) is 0 Å². The zero-order chi connectivity index (χ0) is 16.4. The summed E-state index contributed by atoms with van der Waals surface area (Å²) < 4.78 is 7.33. The van der Waals surface area contributed by atoms with Gasteiger partial charge in [0.25, 0.3) is 0 Å². The normalized spacial score (nSPS) is 15.3. The zero-order valence-corrected chi connectivity index (χ0v) is 16.2. The van der Waals surface area contributed by atoms with Gasteiger partial charge < -0.3 is 4.74 Å². The summed E-state index contributed by atoms with van der Waals surface area (Å²) in [7, 11) is 0. The first-order chi connectivity index (χ1) is 11.0. The fourth-order valence-corrected chi connectivity index (χ4v) is 4.53. The number of aryl methyl sites for hydroxylation is 1. The highest BCUT2D eigenvalue weighted by molar-refractivity contribution is 9.11. The molecule has 1 saturated carbocycles. The van der Waals surface area contributed by atoms with Gasteiger partial charge in [-0.05, 0) is 53.4 Å². The van der Waals surface area contributed by atoms with E-state index in [-0.39, 0.29) is 5.97 Å². The largest absolute Gasteiger partial charge is 0.423 e. The van der Waals surface area contributed by atoms with Crippen molar-refractivity contribution in [3.8, 4) is 5.75 Å². The molecule has 0 spiro atoms. The third-order valence-corrected chi connectivity index (χ3v) is 5.67. The summed E-state index contributed by atoms with van der Waals surface area (Å²) in [4.78, 5) is 16.8. The molecule has 0 atom stereocenters. The van der Waals surface area contributed by atoms with Gasteiger partial charge >= 0.3 is 5.97 Å². The number of halogens is 2. The number of aromatic nitrogens is 1. The maximum absolute atomic E-state index is 12.3. The summed E-state index contributed by atoms with van der Waals surface area (Å²) in [6.07, 6.45) is 6.49. The van der Waals surface area contributed by atoms with Crippen LogP contribution in [0.5, 0.6) is 5.75 Å². The number of carbonyl (C=O) groups excluding carboxylic acids is 1. The van der Waals surface area contributed by atoms with Gasteiger partial charge in [-0.3, -0.25) is 4.79 Å². The van der Waals surface area contributed by atoms with Crippen LogP contribution in [-0.2, 0) is 4.79 Å². The molecule has 2 aromatic rings. The Bertz CT molecular complexity index is 739. The number of hydrogen-bond donors (Lipinski definition) is 0. The van der Waals surface area contributed by atoms with E-state index in [0.29, 0.717) is 23.6 Å². The van der Waals surface area contributed by atoms with E-state index < -0.39 is 0 Å². The van der Waals surface area contributed by atoms with Crippen molar-refractivity contribution in [1.82, 2.24) is 4.98 Å². The Kier molecular flexibility index (Phi) is 5.37. The van der Waals surface area contributed by atoms with Gasteiger partial charge in [0, 0.05) is 22.0 Å². The van der Waals surface area contributed by atoms with Crippen molar-refractivity contribution in [2.75, 3.05) is 0 Å². The fraction of sp³-hybridized carbons (Fsp3) is 0.444. The van der Waals surface area contributed by atoms with Crippen LogP contribution in [0.15, 0.2) is 27.1 Å². The summed E-state index contributed by atoms with van der Waals surface area (Å²) in [5.74, 6) is 1.03. The molecule has 1 aliphatic rings. The van der Waals surface area contributed by atoms with Gasteiger partial charge in [-0.15, -0.1) is 0 Å². The summed E-state index contributed by atoms with van der Waals surface area (Å²) in [5, 5.41) is 0.942. The van der Waals surface area contributed by atoms with Crippen molar-refractivity contribution in [1.29, 1.82) is 0 Å². The third-order valence-electron chi connectivity index (χ3n) is 4.42. The molecule has 1 heterocycles. The Labute approximate surface area is 153 Å². The van der Waals surface area contributed by atoms with E-state index in [0.717, 1.165) is 26.4 Å². The predicted molar refractivity (Wildman–Crippen MR) is 98.7 cm³/mol. The molecule has 5 heteroatoms. The van der Waals surface area contributed by atoms with E-state index >= 15 is 0 Å². The minimum Gasteiger partial charge on any atom is -0.423 e. The molecule has 0 saturated heterocycles. The summed E-state index contributed by atoms with van der Waals surface area (Å²) in [6.45, 7) is 1.93. The van der Waals surface area contributed by atoms with Crippen LogP contribution in [0.3, 0.4) is 0 Å². The van der Waals surface area contributed by atoms with Crippen molar-refractivity contribution in [3.05, 3.63) is 32.8 Å². The minimum atomic E-state index is -0.176. The maximum atomic E-state index is 12.3. The molecule has 3 nitrogen and oxygen atoms in total. The second-order valence-corrected chi connectivity index (χ2v) is 7.89. The lowest BCUT2D eigenvalue weighted by molar-refractivity contribution is -0.134. The molecule has 23 heavy (non-hydrogen) atoms. The molecule has 1 fully saturated rings. The van der Waals surface area contributed by atoms with Crippen molar-refractivity contribution in [2.45, 2.75) is 45.4 Å². The van der Waals surface area contributed by atoms with Crippen molar-refractivity contribution < 1.29 is 9.53 Å². The van der Waals surface area contributed by atoms with Crippen LogP contribution < -0.4 is 4.74 Å². The van der Waals surface area contributed by atoms with Crippen molar-refractivity contribution in [2.24, 2.45) is 5.92 Å². The number of rotatable bonds is 4. The molecule has 1 aliphatic carbocycles. The molecule has 122 valence electrons. The average Bonchev–Trinajstić information content (AvgIpc) is 3.02. The van der Waals surface area contributed by atoms with E-state index in [1.165, 1.54) is 25.7 Å². The standard InChI is InChI=1S/C18H19Br2NO2/c1-11-6-8-13-14(19)10-15(20)18(17(13)21-11)23-16(22)9-7-12-4-2-3-5-12/h6,8,10,12H,2-5,7,9H2,1H3. The molecule has 0 amide bonds. The fourth-order valence-electron chi connectivity index (χ4n) is 3.17. The summed E-state index contributed by atoms with van der Waals surface area (Å²) in [6, 6.07) is 5.84. The van der Waals surface area contributed by atoms with E-state index in [1.807, 2.05) is 25.1 Å². The average molecular weight is 441 g/mol. The smallest absolute Gasteiger partial charge is 0.311 e. The van der Waals surface area contributed by atoms with Crippen LogP contribution in [0.25, 0.3) is 10.9 Å². The SMILES string of the molecule is Cc1ccc2c(Br)cc(Br)c(OC(=O)CCC3CCCC3)c2n1. The van der Waals surface area contributed by atoms with E-state index in [1.54, 1.807) is 0 Å². The van der Waals surface area contributed by atoms with Gasteiger partial charge in [0.15, 0.2) is 5.75 Å². The van der Waals surface area contributed by atoms with Crippen LogP contribution >= 0.6 is 31.9 Å². The van der Waals surface area contributed by atoms with Gasteiger partial charge in [0.05, 0.1) is 4.47 Å². The molecular weight excluding hydrogens is 422 g/mol.